The average Bonchev–Trinajstić information content (AvgIpc) is 3.00. The number of nitrogens with zero attached hydrogens (tertiary/aromatic N) is 5. The van der Waals surface area contributed by atoms with Gasteiger partial charge in [0, 0.05) is 25.1 Å². The van der Waals surface area contributed by atoms with Crippen molar-refractivity contribution in [3.63, 3.8) is 0 Å². The van der Waals surface area contributed by atoms with Gasteiger partial charge < -0.3 is 14.4 Å². The van der Waals surface area contributed by atoms with Crippen LogP contribution in [0.25, 0.3) is 11.0 Å². The SMILES string of the molecule is CCO[C@H]1C[C@H](N(C)c2ncnc3c2cnn3CC(=O)OC)C1(C)C. The van der Waals surface area contributed by atoms with Gasteiger partial charge in [-0.05, 0) is 13.3 Å². The van der Waals surface area contributed by atoms with E-state index in [2.05, 4.69) is 33.8 Å². The van der Waals surface area contributed by atoms with Crippen LogP contribution in [0.3, 0.4) is 0 Å². The topological polar surface area (TPSA) is 82.4 Å². The fourth-order valence-corrected chi connectivity index (χ4v) is 3.62. The molecule has 0 unspecified atom stereocenters. The molecule has 2 aromatic heterocycles. The van der Waals surface area contributed by atoms with Gasteiger partial charge in [0.15, 0.2) is 5.65 Å². The van der Waals surface area contributed by atoms with Gasteiger partial charge in [0.2, 0.25) is 0 Å². The highest BCUT2D eigenvalue weighted by molar-refractivity contribution is 5.87. The Kier molecular flexibility index (Phi) is 4.64. The summed E-state index contributed by atoms with van der Waals surface area (Å²) in [7, 11) is 3.39. The summed E-state index contributed by atoms with van der Waals surface area (Å²) >= 11 is 0. The van der Waals surface area contributed by atoms with Gasteiger partial charge in [0.25, 0.3) is 0 Å². The lowest BCUT2D eigenvalue weighted by atomic mass is 9.64. The van der Waals surface area contributed by atoms with Gasteiger partial charge in [0.1, 0.15) is 18.7 Å². The molecule has 2 aromatic rings. The largest absolute Gasteiger partial charge is 0.468 e. The third kappa shape index (κ3) is 2.95. The van der Waals surface area contributed by atoms with E-state index in [0.717, 1.165) is 24.2 Å². The quantitative estimate of drug-likeness (QED) is 0.735. The predicted octanol–water partition coefficient (Wildman–Crippen LogP) is 1.64. The lowest BCUT2D eigenvalue weighted by molar-refractivity contribution is -0.141. The Labute approximate surface area is 147 Å². The molecular formula is C17H25N5O3. The molecule has 1 fully saturated rings. The maximum absolute atomic E-state index is 11.5. The number of esters is 1. The van der Waals surface area contributed by atoms with Crippen LogP contribution >= 0.6 is 0 Å². The minimum atomic E-state index is -0.363. The normalized spacial score (nSPS) is 21.8. The number of aromatic nitrogens is 4. The number of methoxy groups -OCH3 is 1. The van der Waals surface area contributed by atoms with Crippen molar-refractivity contribution in [2.24, 2.45) is 5.41 Å². The number of ether oxygens (including phenoxy) is 2. The zero-order valence-corrected chi connectivity index (χ0v) is 15.4. The van der Waals surface area contributed by atoms with Crippen LogP contribution in [0.5, 0.6) is 0 Å². The van der Waals surface area contributed by atoms with E-state index in [-0.39, 0.29) is 24.0 Å². The first-order valence-electron chi connectivity index (χ1n) is 8.47. The van der Waals surface area contributed by atoms with E-state index in [9.17, 15) is 4.79 Å². The van der Waals surface area contributed by atoms with Gasteiger partial charge in [-0.3, -0.25) is 4.79 Å². The van der Waals surface area contributed by atoms with Crippen molar-refractivity contribution in [1.29, 1.82) is 0 Å². The van der Waals surface area contributed by atoms with E-state index in [1.54, 1.807) is 6.20 Å². The molecule has 8 nitrogen and oxygen atoms in total. The van der Waals surface area contributed by atoms with Crippen molar-refractivity contribution in [3.05, 3.63) is 12.5 Å². The summed E-state index contributed by atoms with van der Waals surface area (Å²) in [6.45, 7) is 7.22. The van der Waals surface area contributed by atoms with Crippen LogP contribution in [-0.4, -0.2) is 58.6 Å². The summed E-state index contributed by atoms with van der Waals surface area (Å²) in [5, 5.41) is 5.10. The Hall–Kier alpha value is -2.22. The Morgan fingerprint density at radius 3 is 2.84 bits per heavy atom. The molecule has 1 aliphatic carbocycles. The maximum atomic E-state index is 11.5. The number of fused-ring (bicyclic) bond motifs is 1. The molecule has 0 radical (unpaired) electrons. The lowest BCUT2D eigenvalue weighted by Gasteiger charge is -2.55. The second-order valence-electron chi connectivity index (χ2n) is 6.94. The molecule has 1 aliphatic rings. The number of carbonyl (C=O) groups excluding carboxylic acids is 1. The van der Waals surface area contributed by atoms with Crippen LogP contribution in [0.2, 0.25) is 0 Å². The summed E-state index contributed by atoms with van der Waals surface area (Å²) < 4.78 is 12.1. The standard InChI is InChI=1S/C17H25N5O3/c1-6-25-13-7-12(17(13,2)3)21(4)15-11-8-20-22(9-14(23)24-5)16(11)19-10-18-15/h8,10,12-13H,6-7,9H2,1-5H3/t12-,13-/m0/s1. The van der Waals surface area contributed by atoms with Crippen molar-refractivity contribution in [2.45, 2.75) is 45.9 Å². The first kappa shape index (κ1) is 17.6. The molecule has 0 bridgehead atoms. The summed E-state index contributed by atoms with van der Waals surface area (Å²) in [5.41, 5.74) is 0.657. The van der Waals surface area contributed by atoms with Gasteiger partial charge >= 0.3 is 5.97 Å². The van der Waals surface area contributed by atoms with Gasteiger partial charge in [-0.2, -0.15) is 5.10 Å². The van der Waals surface area contributed by atoms with Crippen molar-refractivity contribution in [2.75, 3.05) is 25.7 Å². The number of anilines is 1. The monoisotopic (exact) mass is 347 g/mol. The van der Waals surface area contributed by atoms with Crippen LogP contribution in [0.1, 0.15) is 27.2 Å². The van der Waals surface area contributed by atoms with E-state index in [1.165, 1.54) is 18.1 Å². The summed E-state index contributed by atoms with van der Waals surface area (Å²) in [6.07, 6.45) is 4.42. The third-order valence-corrected chi connectivity index (χ3v) is 5.21. The fraction of sp³-hybridized carbons (Fsp3) is 0.647. The zero-order valence-electron chi connectivity index (χ0n) is 15.4. The summed E-state index contributed by atoms with van der Waals surface area (Å²) in [5.74, 6) is 0.451. The number of rotatable bonds is 6. The van der Waals surface area contributed by atoms with Crippen LogP contribution in [0.15, 0.2) is 12.5 Å². The summed E-state index contributed by atoms with van der Waals surface area (Å²) in [6, 6.07) is 0.311. The Morgan fingerprint density at radius 1 is 1.44 bits per heavy atom. The molecule has 3 rings (SSSR count). The molecule has 0 N–H and O–H groups in total. The minimum Gasteiger partial charge on any atom is -0.468 e. The minimum absolute atomic E-state index is 0.0293. The van der Waals surface area contributed by atoms with Crippen molar-refractivity contribution in [1.82, 2.24) is 19.7 Å². The average molecular weight is 347 g/mol. The lowest BCUT2D eigenvalue weighted by Crippen LogP contribution is -2.61. The molecule has 0 aliphatic heterocycles. The molecule has 2 heterocycles. The first-order valence-corrected chi connectivity index (χ1v) is 8.47. The van der Waals surface area contributed by atoms with Crippen LogP contribution in [0, 0.1) is 5.41 Å². The molecule has 0 spiro atoms. The van der Waals surface area contributed by atoms with E-state index in [0.29, 0.717) is 11.7 Å². The number of hydrogen-bond donors (Lipinski definition) is 0. The Balaban J connectivity index is 1.88. The van der Waals surface area contributed by atoms with Crippen LogP contribution < -0.4 is 4.90 Å². The molecule has 2 atom stereocenters. The summed E-state index contributed by atoms with van der Waals surface area (Å²) in [4.78, 5) is 22.5. The van der Waals surface area contributed by atoms with Crippen molar-refractivity contribution < 1.29 is 14.3 Å². The van der Waals surface area contributed by atoms with Crippen molar-refractivity contribution >= 4 is 22.8 Å². The highest BCUT2D eigenvalue weighted by Crippen LogP contribution is 2.46. The number of carbonyl (C=O) groups is 1. The van der Waals surface area contributed by atoms with Gasteiger partial charge in [-0.1, -0.05) is 13.8 Å². The van der Waals surface area contributed by atoms with E-state index < -0.39 is 0 Å². The van der Waals surface area contributed by atoms with Gasteiger partial charge in [0.05, 0.1) is 24.8 Å². The maximum Gasteiger partial charge on any atom is 0.327 e. The Morgan fingerprint density at radius 2 is 2.20 bits per heavy atom. The highest BCUT2D eigenvalue weighted by atomic mass is 16.5. The molecule has 136 valence electrons. The first-order chi connectivity index (χ1) is 11.9. The molecular weight excluding hydrogens is 322 g/mol. The second kappa shape index (κ2) is 6.59. The molecule has 0 amide bonds. The molecule has 0 aromatic carbocycles. The fourth-order valence-electron chi connectivity index (χ4n) is 3.62. The second-order valence-corrected chi connectivity index (χ2v) is 6.94. The molecule has 25 heavy (non-hydrogen) atoms. The number of hydrogen-bond acceptors (Lipinski definition) is 7. The predicted molar refractivity (Wildman–Crippen MR) is 93.3 cm³/mol. The smallest absolute Gasteiger partial charge is 0.327 e. The van der Waals surface area contributed by atoms with Crippen LogP contribution in [0.4, 0.5) is 5.82 Å². The zero-order chi connectivity index (χ0) is 18.2. The highest BCUT2D eigenvalue weighted by Gasteiger charge is 2.51. The van der Waals surface area contributed by atoms with Gasteiger partial charge in [-0.15, -0.1) is 0 Å². The van der Waals surface area contributed by atoms with E-state index >= 15 is 0 Å². The molecule has 8 heteroatoms. The van der Waals surface area contributed by atoms with E-state index in [4.69, 9.17) is 9.47 Å². The van der Waals surface area contributed by atoms with Gasteiger partial charge in [-0.25, -0.2) is 14.6 Å². The molecule has 0 saturated heterocycles. The Bertz CT molecular complexity index is 773. The third-order valence-electron chi connectivity index (χ3n) is 5.21. The van der Waals surface area contributed by atoms with E-state index in [1.807, 2.05) is 14.0 Å². The molecule has 1 saturated carbocycles. The van der Waals surface area contributed by atoms with Crippen LogP contribution in [-0.2, 0) is 20.8 Å². The van der Waals surface area contributed by atoms with Crippen molar-refractivity contribution in [3.8, 4) is 0 Å².